The summed E-state index contributed by atoms with van der Waals surface area (Å²) in [7, 11) is 1.76. The smallest absolute Gasteiger partial charge is 0.255 e. The molecule has 8 nitrogen and oxygen atoms in total. The average molecular weight is 492 g/mol. The lowest BCUT2D eigenvalue weighted by atomic mass is 9.89. The van der Waals surface area contributed by atoms with Crippen LogP contribution in [0.25, 0.3) is 0 Å². The van der Waals surface area contributed by atoms with Crippen LogP contribution in [0, 0.1) is 6.92 Å². The molecule has 2 amide bonds. The second kappa shape index (κ2) is 10.7. The molecule has 4 rings (SSSR count). The quantitative estimate of drug-likeness (QED) is 0.504. The average Bonchev–Trinajstić information content (AvgIpc) is 3.36. The Morgan fingerprint density at radius 2 is 1.89 bits per heavy atom. The third kappa shape index (κ3) is 5.86. The number of nitrogens with two attached hydrogens (primary N) is 1. The molecule has 182 valence electrons. The van der Waals surface area contributed by atoms with Gasteiger partial charge in [0, 0.05) is 43.0 Å². The molecule has 0 bridgehead atoms. The highest BCUT2D eigenvalue weighted by molar-refractivity contribution is 7.80. The predicted molar refractivity (Wildman–Crippen MR) is 138 cm³/mol. The standard InChI is InChI=1S/C26H29N5O3S/c1-17-5-10-22(25(33)30(2)16-21-4-3-15-34-21)23(28-17)18-11-13-31(14-12-18)24(32)19-6-8-20(9-7-19)29-26(27)35/h3-10,15,18H,11-14,16H2,1-2H3,(H3,27,29,35). The van der Waals surface area contributed by atoms with Gasteiger partial charge in [-0.25, -0.2) is 0 Å². The number of furan rings is 1. The van der Waals surface area contributed by atoms with Gasteiger partial charge < -0.3 is 25.3 Å². The number of aromatic nitrogens is 1. The van der Waals surface area contributed by atoms with Crippen LogP contribution in [0.15, 0.2) is 59.2 Å². The number of piperidine rings is 1. The molecule has 0 radical (unpaired) electrons. The topological polar surface area (TPSA) is 105 Å². The number of benzene rings is 1. The Bertz CT molecular complexity index is 1200. The summed E-state index contributed by atoms with van der Waals surface area (Å²) in [5.74, 6) is 0.723. The number of nitrogens with one attached hydrogen (secondary N) is 1. The molecule has 0 unspecified atom stereocenters. The Kier molecular flexibility index (Phi) is 7.45. The van der Waals surface area contributed by atoms with Crippen molar-refractivity contribution in [2.24, 2.45) is 5.73 Å². The van der Waals surface area contributed by atoms with Gasteiger partial charge >= 0.3 is 0 Å². The van der Waals surface area contributed by atoms with E-state index in [1.807, 2.05) is 36.1 Å². The molecule has 1 aliphatic heterocycles. The highest BCUT2D eigenvalue weighted by Crippen LogP contribution is 2.31. The van der Waals surface area contributed by atoms with Gasteiger partial charge in [0.05, 0.1) is 24.1 Å². The monoisotopic (exact) mass is 491 g/mol. The molecule has 3 aromatic rings. The lowest BCUT2D eigenvalue weighted by Gasteiger charge is -2.33. The summed E-state index contributed by atoms with van der Waals surface area (Å²) in [6.07, 6.45) is 3.08. The zero-order valence-electron chi connectivity index (χ0n) is 19.9. The zero-order valence-corrected chi connectivity index (χ0v) is 20.7. The molecule has 35 heavy (non-hydrogen) atoms. The van der Waals surface area contributed by atoms with E-state index in [9.17, 15) is 9.59 Å². The van der Waals surface area contributed by atoms with Crippen LogP contribution in [-0.4, -0.2) is 51.8 Å². The molecule has 0 spiro atoms. The van der Waals surface area contributed by atoms with Crippen molar-refractivity contribution in [2.45, 2.75) is 32.2 Å². The number of hydrogen-bond donors (Lipinski definition) is 2. The fourth-order valence-corrected chi connectivity index (χ4v) is 4.48. The third-order valence-corrected chi connectivity index (χ3v) is 6.28. The highest BCUT2D eigenvalue weighted by atomic mass is 32.1. The maximum Gasteiger partial charge on any atom is 0.255 e. The van der Waals surface area contributed by atoms with Crippen LogP contribution >= 0.6 is 12.2 Å². The summed E-state index contributed by atoms with van der Waals surface area (Å²) in [6.45, 7) is 3.51. The maximum atomic E-state index is 13.3. The Labute approximate surface area is 210 Å². The molecule has 1 aromatic carbocycles. The molecule has 0 saturated carbocycles. The van der Waals surface area contributed by atoms with E-state index in [1.165, 1.54) is 0 Å². The van der Waals surface area contributed by atoms with Crippen molar-refractivity contribution in [2.75, 3.05) is 25.5 Å². The van der Waals surface area contributed by atoms with Crippen molar-refractivity contribution in [3.05, 3.63) is 83.1 Å². The number of carbonyl (C=O) groups excluding carboxylic acids is 2. The number of likely N-dealkylation sites (tertiary alicyclic amines) is 1. The number of rotatable bonds is 6. The molecule has 2 aromatic heterocycles. The second-order valence-corrected chi connectivity index (χ2v) is 9.20. The van der Waals surface area contributed by atoms with Crippen LogP contribution in [0.3, 0.4) is 0 Å². The van der Waals surface area contributed by atoms with Crippen molar-refractivity contribution in [1.29, 1.82) is 0 Å². The molecule has 1 fully saturated rings. The van der Waals surface area contributed by atoms with E-state index in [1.54, 1.807) is 42.5 Å². The van der Waals surface area contributed by atoms with Crippen LogP contribution in [0.2, 0.25) is 0 Å². The third-order valence-electron chi connectivity index (χ3n) is 6.18. The van der Waals surface area contributed by atoms with E-state index in [4.69, 9.17) is 27.4 Å². The van der Waals surface area contributed by atoms with Gasteiger partial charge in [-0.3, -0.25) is 14.6 Å². The molecular formula is C26H29N5O3S. The lowest BCUT2D eigenvalue weighted by molar-refractivity contribution is 0.0706. The second-order valence-electron chi connectivity index (χ2n) is 8.76. The molecule has 9 heteroatoms. The van der Waals surface area contributed by atoms with Crippen LogP contribution < -0.4 is 11.1 Å². The molecule has 3 heterocycles. The van der Waals surface area contributed by atoms with Crippen molar-refractivity contribution >= 4 is 34.8 Å². The fourth-order valence-electron chi connectivity index (χ4n) is 4.36. The predicted octanol–water partition coefficient (Wildman–Crippen LogP) is 3.93. The lowest BCUT2D eigenvalue weighted by Crippen LogP contribution is -2.38. The number of aryl methyl sites for hydroxylation is 1. The summed E-state index contributed by atoms with van der Waals surface area (Å²) in [5.41, 5.74) is 9.14. The number of amides is 2. The van der Waals surface area contributed by atoms with Gasteiger partial charge in [-0.2, -0.15) is 0 Å². The molecule has 0 aliphatic carbocycles. The largest absolute Gasteiger partial charge is 0.467 e. The zero-order chi connectivity index (χ0) is 24.9. The van der Waals surface area contributed by atoms with E-state index in [0.29, 0.717) is 30.8 Å². The SMILES string of the molecule is Cc1ccc(C(=O)N(C)Cc2ccco2)c(C2CCN(C(=O)c3ccc(NC(N)=S)cc3)CC2)n1. The summed E-state index contributed by atoms with van der Waals surface area (Å²) in [5, 5.41) is 3.04. The number of thiocarbonyl (C=S) groups is 1. The fraction of sp³-hybridized carbons (Fsp3) is 0.308. The molecule has 1 saturated heterocycles. The Hall–Kier alpha value is -3.72. The number of hydrogen-bond acceptors (Lipinski definition) is 5. The van der Waals surface area contributed by atoms with Crippen LogP contribution in [0.1, 0.15) is 56.6 Å². The van der Waals surface area contributed by atoms with Gasteiger partial charge in [0.2, 0.25) is 0 Å². The first kappa shape index (κ1) is 24.4. The van der Waals surface area contributed by atoms with E-state index < -0.39 is 0 Å². The Morgan fingerprint density at radius 1 is 1.17 bits per heavy atom. The summed E-state index contributed by atoms with van der Waals surface area (Å²) >= 11 is 4.85. The van der Waals surface area contributed by atoms with Gasteiger partial charge in [0.15, 0.2) is 5.11 Å². The number of anilines is 1. The first-order chi connectivity index (χ1) is 16.8. The maximum absolute atomic E-state index is 13.3. The first-order valence-corrected chi connectivity index (χ1v) is 11.9. The van der Waals surface area contributed by atoms with Crippen molar-refractivity contribution in [1.82, 2.24) is 14.8 Å². The van der Waals surface area contributed by atoms with Gasteiger partial charge in [0.25, 0.3) is 11.8 Å². The van der Waals surface area contributed by atoms with E-state index in [2.05, 4.69) is 5.32 Å². The van der Waals surface area contributed by atoms with E-state index in [-0.39, 0.29) is 22.8 Å². The van der Waals surface area contributed by atoms with Gasteiger partial charge in [-0.05, 0) is 80.5 Å². The van der Waals surface area contributed by atoms with Gasteiger partial charge in [0.1, 0.15) is 5.76 Å². The number of nitrogens with zero attached hydrogens (tertiary/aromatic N) is 3. The Morgan fingerprint density at radius 3 is 2.51 bits per heavy atom. The first-order valence-electron chi connectivity index (χ1n) is 11.5. The van der Waals surface area contributed by atoms with Crippen molar-refractivity contribution < 1.29 is 14.0 Å². The van der Waals surface area contributed by atoms with Gasteiger partial charge in [-0.15, -0.1) is 0 Å². The van der Waals surface area contributed by atoms with Crippen molar-refractivity contribution in [3.63, 3.8) is 0 Å². The normalized spacial score (nSPS) is 13.9. The minimum absolute atomic E-state index is 0.0167. The van der Waals surface area contributed by atoms with Crippen LogP contribution in [-0.2, 0) is 6.54 Å². The van der Waals surface area contributed by atoms with Gasteiger partial charge in [-0.1, -0.05) is 0 Å². The number of pyridine rings is 1. The van der Waals surface area contributed by atoms with E-state index >= 15 is 0 Å². The molecule has 3 N–H and O–H groups in total. The highest BCUT2D eigenvalue weighted by Gasteiger charge is 2.29. The van der Waals surface area contributed by atoms with E-state index in [0.717, 1.165) is 35.7 Å². The minimum Gasteiger partial charge on any atom is -0.467 e. The van der Waals surface area contributed by atoms with Crippen molar-refractivity contribution in [3.8, 4) is 0 Å². The molecule has 0 atom stereocenters. The summed E-state index contributed by atoms with van der Waals surface area (Å²) in [6, 6.07) is 14.5. The molecule has 1 aliphatic rings. The molecular weight excluding hydrogens is 462 g/mol. The summed E-state index contributed by atoms with van der Waals surface area (Å²) < 4.78 is 5.39. The summed E-state index contributed by atoms with van der Waals surface area (Å²) in [4.78, 5) is 34.5. The number of carbonyl (C=O) groups is 2. The van der Waals surface area contributed by atoms with Crippen LogP contribution in [0.4, 0.5) is 5.69 Å². The Balaban J connectivity index is 1.43. The van der Waals surface area contributed by atoms with Crippen LogP contribution in [0.5, 0.6) is 0 Å². The minimum atomic E-state index is -0.0898.